The van der Waals surface area contributed by atoms with E-state index in [2.05, 4.69) is 54.2 Å². The Labute approximate surface area is 187 Å². The lowest BCUT2D eigenvalue weighted by molar-refractivity contribution is 0.325. The van der Waals surface area contributed by atoms with Crippen LogP contribution in [0.2, 0.25) is 0 Å². The second kappa shape index (κ2) is 11.1. The summed E-state index contributed by atoms with van der Waals surface area (Å²) in [5.74, 6) is -0.0823. The van der Waals surface area contributed by atoms with Crippen molar-refractivity contribution in [2.45, 2.75) is 52.1 Å². The fourth-order valence-electron chi connectivity index (χ4n) is 4.28. The third-order valence-electron chi connectivity index (χ3n) is 6.16. The van der Waals surface area contributed by atoms with Crippen LogP contribution in [0.5, 0.6) is 0 Å². The molecule has 1 unspecified atom stereocenters. The fraction of sp³-hybridized carbons (Fsp3) is 0.407. The molecule has 2 aromatic rings. The molecule has 0 aliphatic carbocycles. The molecule has 166 valence electrons. The first-order valence-electron chi connectivity index (χ1n) is 11.4. The molecular weight excluding hydrogens is 385 g/mol. The molecular formula is C27H36FN3. The molecule has 4 heteroatoms. The van der Waals surface area contributed by atoms with Gasteiger partial charge in [0, 0.05) is 43.5 Å². The van der Waals surface area contributed by atoms with E-state index in [-0.39, 0.29) is 11.9 Å². The van der Waals surface area contributed by atoms with Crippen molar-refractivity contribution >= 4 is 5.69 Å². The molecule has 2 N–H and O–H groups in total. The Morgan fingerprint density at radius 3 is 2.48 bits per heavy atom. The molecule has 0 saturated carbocycles. The van der Waals surface area contributed by atoms with Crippen molar-refractivity contribution in [3.8, 4) is 0 Å². The SMILES string of the molecule is C=C(/C(=C\NC)Cc1cccc(CN2CCCC2)c1F)C(C)Nc1ccccc1CC. The molecule has 31 heavy (non-hydrogen) atoms. The van der Waals surface area contributed by atoms with Crippen LogP contribution in [0.25, 0.3) is 0 Å². The van der Waals surface area contributed by atoms with Crippen molar-refractivity contribution in [3.63, 3.8) is 0 Å². The van der Waals surface area contributed by atoms with Crippen molar-refractivity contribution in [2.24, 2.45) is 0 Å². The largest absolute Gasteiger partial charge is 0.394 e. The predicted octanol–water partition coefficient (Wildman–Crippen LogP) is 5.69. The number of aryl methyl sites for hydroxylation is 1. The number of nitrogens with zero attached hydrogens (tertiary/aromatic N) is 1. The zero-order valence-corrected chi connectivity index (χ0v) is 19.2. The Hall–Kier alpha value is -2.59. The van der Waals surface area contributed by atoms with Crippen molar-refractivity contribution in [3.05, 3.63) is 88.9 Å². The number of nitrogens with one attached hydrogen (secondary N) is 2. The van der Waals surface area contributed by atoms with E-state index in [1.165, 1.54) is 18.4 Å². The number of hydrogen-bond acceptors (Lipinski definition) is 3. The highest BCUT2D eigenvalue weighted by atomic mass is 19.1. The monoisotopic (exact) mass is 421 g/mol. The number of rotatable bonds is 10. The van der Waals surface area contributed by atoms with E-state index >= 15 is 4.39 Å². The highest BCUT2D eigenvalue weighted by Gasteiger charge is 2.18. The molecule has 1 aliphatic rings. The molecule has 0 bridgehead atoms. The van der Waals surface area contributed by atoms with Gasteiger partial charge in [-0.15, -0.1) is 0 Å². The Bertz CT molecular complexity index is 912. The number of para-hydroxylation sites is 1. The lowest BCUT2D eigenvalue weighted by Gasteiger charge is -2.23. The van der Waals surface area contributed by atoms with E-state index in [4.69, 9.17) is 0 Å². The van der Waals surface area contributed by atoms with Crippen LogP contribution in [0, 0.1) is 5.82 Å². The molecule has 0 spiro atoms. The van der Waals surface area contributed by atoms with Crippen LogP contribution in [0.1, 0.15) is 43.4 Å². The van der Waals surface area contributed by atoms with E-state index in [0.717, 1.165) is 47.5 Å². The number of benzene rings is 2. The second-order valence-electron chi connectivity index (χ2n) is 8.41. The average molecular weight is 422 g/mol. The van der Waals surface area contributed by atoms with Crippen LogP contribution in [-0.2, 0) is 19.4 Å². The highest BCUT2D eigenvalue weighted by Crippen LogP contribution is 2.25. The minimum Gasteiger partial charge on any atom is -0.394 e. The molecule has 1 aliphatic heterocycles. The third-order valence-corrected chi connectivity index (χ3v) is 6.16. The Morgan fingerprint density at radius 1 is 1.10 bits per heavy atom. The molecule has 3 rings (SSSR count). The van der Waals surface area contributed by atoms with Crippen molar-refractivity contribution in [1.82, 2.24) is 10.2 Å². The predicted molar refractivity (Wildman–Crippen MR) is 130 cm³/mol. The summed E-state index contributed by atoms with van der Waals surface area (Å²) < 4.78 is 15.3. The van der Waals surface area contributed by atoms with Gasteiger partial charge in [-0.2, -0.15) is 0 Å². The van der Waals surface area contributed by atoms with Crippen LogP contribution < -0.4 is 10.6 Å². The topological polar surface area (TPSA) is 27.3 Å². The van der Waals surface area contributed by atoms with Gasteiger partial charge in [-0.05, 0) is 67.6 Å². The highest BCUT2D eigenvalue weighted by molar-refractivity contribution is 5.54. The maximum absolute atomic E-state index is 15.3. The van der Waals surface area contributed by atoms with Gasteiger partial charge in [0.15, 0.2) is 0 Å². The van der Waals surface area contributed by atoms with E-state index in [1.54, 1.807) is 0 Å². The molecule has 1 fully saturated rings. The summed E-state index contributed by atoms with van der Waals surface area (Å²) in [5, 5.41) is 6.71. The maximum Gasteiger partial charge on any atom is 0.131 e. The van der Waals surface area contributed by atoms with E-state index in [0.29, 0.717) is 13.0 Å². The number of halogens is 1. The van der Waals surface area contributed by atoms with Crippen molar-refractivity contribution in [1.29, 1.82) is 0 Å². The van der Waals surface area contributed by atoms with Crippen molar-refractivity contribution in [2.75, 3.05) is 25.5 Å². The summed E-state index contributed by atoms with van der Waals surface area (Å²) >= 11 is 0. The zero-order chi connectivity index (χ0) is 22.2. The van der Waals surface area contributed by atoms with Gasteiger partial charge >= 0.3 is 0 Å². The van der Waals surface area contributed by atoms with Crippen LogP contribution >= 0.6 is 0 Å². The van der Waals surface area contributed by atoms with Crippen LogP contribution in [0.15, 0.2) is 66.4 Å². The lowest BCUT2D eigenvalue weighted by Crippen LogP contribution is -2.21. The number of likely N-dealkylation sites (tertiary alicyclic amines) is 1. The average Bonchev–Trinajstić information content (AvgIpc) is 3.29. The molecule has 0 radical (unpaired) electrons. The summed E-state index contributed by atoms with van der Waals surface area (Å²) in [7, 11) is 1.87. The molecule has 1 atom stereocenters. The van der Waals surface area contributed by atoms with Gasteiger partial charge in [0.25, 0.3) is 0 Å². The lowest BCUT2D eigenvalue weighted by atomic mass is 9.94. The van der Waals surface area contributed by atoms with E-state index < -0.39 is 0 Å². The van der Waals surface area contributed by atoms with E-state index in [9.17, 15) is 0 Å². The second-order valence-corrected chi connectivity index (χ2v) is 8.41. The van der Waals surface area contributed by atoms with Gasteiger partial charge in [-0.1, -0.05) is 49.9 Å². The summed E-state index contributed by atoms with van der Waals surface area (Å²) in [6.07, 6.45) is 5.85. The summed E-state index contributed by atoms with van der Waals surface area (Å²) in [5.41, 5.74) is 5.89. The maximum atomic E-state index is 15.3. The first-order chi connectivity index (χ1) is 15.0. The first-order valence-corrected chi connectivity index (χ1v) is 11.4. The van der Waals surface area contributed by atoms with Gasteiger partial charge in [-0.25, -0.2) is 4.39 Å². The fourth-order valence-corrected chi connectivity index (χ4v) is 4.28. The van der Waals surface area contributed by atoms with Crippen LogP contribution in [0.3, 0.4) is 0 Å². The first kappa shape index (κ1) is 23.1. The minimum atomic E-state index is -0.0823. The molecule has 3 nitrogen and oxygen atoms in total. The zero-order valence-electron chi connectivity index (χ0n) is 19.2. The molecule has 1 saturated heterocycles. The van der Waals surface area contributed by atoms with E-state index in [1.807, 2.05) is 37.5 Å². The summed E-state index contributed by atoms with van der Waals surface area (Å²) in [6.45, 7) is 11.4. The van der Waals surface area contributed by atoms with Crippen LogP contribution in [-0.4, -0.2) is 31.1 Å². The van der Waals surface area contributed by atoms with Gasteiger partial charge < -0.3 is 10.6 Å². The normalized spacial score (nSPS) is 15.7. The number of anilines is 1. The Morgan fingerprint density at radius 2 is 1.77 bits per heavy atom. The van der Waals surface area contributed by atoms with Gasteiger partial charge in [0.05, 0.1) is 0 Å². The minimum absolute atomic E-state index is 0.0307. The molecule has 2 aromatic carbocycles. The summed E-state index contributed by atoms with van der Waals surface area (Å²) in [4.78, 5) is 2.34. The smallest absolute Gasteiger partial charge is 0.131 e. The van der Waals surface area contributed by atoms with Gasteiger partial charge in [-0.3, -0.25) is 4.90 Å². The standard InChI is InChI=1S/C27H36FN3/c1-5-22-11-6-7-14-26(22)30-21(3)20(2)25(18-29-4)17-23-12-10-13-24(27(23)28)19-31-15-8-9-16-31/h6-7,10-14,18,21,29-30H,2,5,8-9,15-17,19H2,1,3-4H3/b25-18-. The Kier molecular flexibility index (Phi) is 8.30. The quantitative estimate of drug-likeness (QED) is 0.483. The van der Waals surface area contributed by atoms with Gasteiger partial charge in [0.2, 0.25) is 0 Å². The van der Waals surface area contributed by atoms with Gasteiger partial charge in [0.1, 0.15) is 5.82 Å². The van der Waals surface area contributed by atoms with Crippen LogP contribution in [0.4, 0.5) is 10.1 Å². The summed E-state index contributed by atoms with van der Waals surface area (Å²) in [6, 6.07) is 14.2. The number of hydrogen-bond donors (Lipinski definition) is 2. The Balaban J connectivity index is 1.74. The molecule has 0 amide bonds. The molecule has 0 aromatic heterocycles. The third kappa shape index (κ3) is 5.98. The molecule has 1 heterocycles. The van der Waals surface area contributed by atoms with Crippen molar-refractivity contribution < 1.29 is 4.39 Å².